The topological polar surface area (TPSA) is 56.0 Å². The zero-order valence-electron chi connectivity index (χ0n) is 7.90. The SMILES string of the molecule is Cc1cc(Br)c2ncccc2c1[N+](=O)[O-]. The molecule has 0 aliphatic carbocycles. The number of rotatable bonds is 1. The van der Waals surface area contributed by atoms with Crippen LogP contribution in [0, 0.1) is 17.0 Å². The summed E-state index contributed by atoms with van der Waals surface area (Å²) in [6, 6.07) is 5.12. The van der Waals surface area contributed by atoms with E-state index in [0.717, 1.165) is 4.47 Å². The molecule has 0 saturated carbocycles. The van der Waals surface area contributed by atoms with E-state index < -0.39 is 0 Å². The highest BCUT2D eigenvalue weighted by Gasteiger charge is 2.17. The van der Waals surface area contributed by atoms with Crippen LogP contribution in [-0.2, 0) is 0 Å². The van der Waals surface area contributed by atoms with E-state index in [4.69, 9.17) is 0 Å². The van der Waals surface area contributed by atoms with E-state index in [0.29, 0.717) is 16.5 Å². The highest BCUT2D eigenvalue weighted by Crippen LogP contribution is 2.32. The molecule has 0 N–H and O–H groups in total. The van der Waals surface area contributed by atoms with Gasteiger partial charge in [-0.1, -0.05) is 0 Å². The first-order chi connectivity index (χ1) is 7.11. The maximum atomic E-state index is 10.9. The van der Waals surface area contributed by atoms with Crippen molar-refractivity contribution in [2.24, 2.45) is 0 Å². The van der Waals surface area contributed by atoms with Gasteiger partial charge in [-0.05, 0) is 41.1 Å². The smallest absolute Gasteiger partial charge is 0.258 e. The third-order valence-corrected chi connectivity index (χ3v) is 2.79. The van der Waals surface area contributed by atoms with Gasteiger partial charge in [0.25, 0.3) is 5.69 Å². The second-order valence-electron chi connectivity index (χ2n) is 3.18. The molecule has 5 heteroatoms. The third kappa shape index (κ3) is 1.59. The molecule has 4 nitrogen and oxygen atoms in total. The first-order valence-electron chi connectivity index (χ1n) is 4.29. The summed E-state index contributed by atoms with van der Waals surface area (Å²) in [7, 11) is 0. The van der Waals surface area contributed by atoms with E-state index in [-0.39, 0.29) is 10.6 Å². The van der Waals surface area contributed by atoms with Crippen LogP contribution in [0.4, 0.5) is 5.69 Å². The van der Waals surface area contributed by atoms with Crippen LogP contribution in [0.1, 0.15) is 5.56 Å². The fourth-order valence-electron chi connectivity index (χ4n) is 1.57. The molecule has 0 aliphatic rings. The number of hydrogen-bond donors (Lipinski definition) is 0. The molecule has 0 saturated heterocycles. The third-order valence-electron chi connectivity index (χ3n) is 2.19. The predicted octanol–water partition coefficient (Wildman–Crippen LogP) is 3.21. The van der Waals surface area contributed by atoms with Gasteiger partial charge in [0.15, 0.2) is 0 Å². The van der Waals surface area contributed by atoms with Crippen LogP contribution in [0.3, 0.4) is 0 Å². The van der Waals surface area contributed by atoms with Crippen molar-refractivity contribution in [1.82, 2.24) is 4.98 Å². The van der Waals surface area contributed by atoms with E-state index in [2.05, 4.69) is 20.9 Å². The molecule has 0 fully saturated rings. The summed E-state index contributed by atoms with van der Waals surface area (Å²) in [5.74, 6) is 0. The maximum absolute atomic E-state index is 10.9. The van der Waals surface area contributed by atoms with Gasteiger partial charge < -0.3 is 0 Å². The van der Waals surface area contributed by atoms with E-state index in [9.17, 15) is 10.1 Å². The highest BCUT2D eigenvalue weighted by molar-refractivity contribution is 9.10. The monoisotopic (exact) mass is 266 g/mol. The van der Waals surface area contributed by atoms with E-state index >= 15 is 0 Å². The van der Waals surface area contributed by atoms with Gasteiger partial charge in [-0.2, -0.15) is 0 Å². The molecule has 0 spiro atoms. The normalized spacial score (nSPS) is 10.5. The molecule has 76 valence electrons. The standard InChI is InChI=1S/C10H7BrN2O2/c1-6-5-8(11)9-7(3-2-4-12-9)10(6)13(14)15/h2-5H,1H3. The highest BCUT2D eigenvalue weighted by atomic mass is 79.9. The lowest BCUT2D eigenvalue weighted by Crippen LogP contribution is -1.94. The Labute approximate surface area is 94.2 Å². The summed E-state index contributed by atoms with van der Waals surface area (Å²) in [5, 5.41) is 11.5. The Morgan fingerprint density at radius 1 is 1.53 bits per heavy atom. The van der Waals surface area contributed by atoms with Gasteiger partial charge >= 0.3 is 0 Å². The minimum absolute atomic E-state index is 0.126. The van der Waals surface area contributed by atoms with Crippen LogP contribution in [0.25, 0.3) is 10.9 Å². The Kier molecular flexibility index (Phi) is 2.40. The summed E-state index contributed by atoms with van der Waals surface area (Å²) >= 11 is 3.35. The molecular weight excluding hydrogens is 260 g/mol. The molecule has 0 radical (unpaired) electrons. The van der Waals surface area contributed by atoms with Crippen molar-refractivity contribution in [3.63, 3.8) is 0 Å². The van der Waals surface area contributed by atoms with Crippen molar-refractivity contribution in [2.75, 3.05) is 0 Å². The molecule has 15 heavy (non-hydrogen) atoms. The second-order valence-corrected chi connectivity index (χ2v) is 4.03. The minimum atomic E-state index is -0.369. The van der Waals surface area contributed by atoms with Crippen molar-refractivity contribution in [3.8, 4) is 0 Å². The number of hydrogen-bond acceptors (Lipinski definition) is 3. The fraction of sp³-hybridized carbons (Fsp3) is 0.100. The number of aryl methyl sites for hydroxylation is 1. The van der Waals surface area contributed by atoms with Crippen molar-refractivity contribution in [3.05, 3.63) is 44.5 Å². The minimum Gasteiger partial charge on any atom is -0.258 e. The molecule has 0 unspecified atom stereocenters. The number of nitro groups is 1. The van der Waals surface area contributed by atoms with Gasteiger partial charge in [0.05, 0.1) is 15.8 Å². The maximum Gasteiger partial charge on any atom is 0.281 e. The Balaban J connectivity index is 2.96. The van der Waals surface area contributed by atoms with E-state index in [1.807, 2.05) is 0 Å². The predicted molar refractivity (Wildman–Crippen MR) is 60.8 cm³/mol. The van der Waals surface area contributed by atoms with Crippen LogP contribution in [-0.4, -0.2) is 9.91 Å². The lowest BCUT2D eigenvalue weighted by molar-refractivity contribution is -0.383. The van der Waals surface area contributed by atoms with E-state index in [1.165, 1.54) is 0 Å². The zero-order chi connectivity index (χ0) is 11.0. The average Bonchev–Trinajstić information content (AvgIpc) is 2.17. The van der Waals surface area contributed by atoms with Crippen LogP contribution in [0.5, 0.6) is 0 Å². The molecule has 0 amide bonds. The van der Waals surface area contributed by atoms with Crippen LogP contribution in [0.15, 0.2) is 28.9 Å². The number of pyridine rings is 1. The van der Waals surface area contributed by atoms with Gasteiger partial charge in [0.1, 0.15) is 0 Å². The van der Waals surface area contributed by atoms with Gasteiger partial charge in [-0.25, -0.2) is 0 Å². The number of benzene rings is 1. The largest absolute Gasteiger partial charge is 0.281 e. The van der Waals surface area contributed by atoms with Crippen molar-refractivity contribution in [1.29, 1.82) is 0 Å². The summed E-state index contributed by atoms with van der Waals surface area (Å²) < 4.78 is 0.779. The van der Waals surface area contributed by atoms with Crippen molar-refractivity contribution >= 4 is 32.5 Å². The first-order valence-corrected chi connectivity index (χ1v) is 5.09. The van der Waals surface area contributed by atoms with Gasteiger partial charge in [0.2, 0.25) is 0 Å². The lowest BCUT2D eigenvalue weighted by Gasteiger charge is -2.03. The molecule has 0 bridgehead atoms. The van der Waals surface area contributed by atoms with Crippen molar-refractivity contribution in [2.45, 2.75) is 6.92 Å². The van der Waals surface area contributed by atoms with Crippen LogP contribution in [0.2, 0.25) is 0 Å². The quantitative estimate of drug-likeness (QED) is 0.588. The lowest BCUT2D eigenvalue weighted by atomic mass is 10.1. The van der Waals surface area contributed by atoms with E-state index in [1.54, 1.807) is 31.3 Å². The van der Waals surface area contributed by atoms with Crippen molar-refractivity contribution < 1.29 is 4.92 Å². The molecule has 1 aromatic carbocycles. The summed E-state index contributed by atoms with van der Waals surface area (Å²) in [4.78, 5) is 14.7. The Hall–Kier alpha value is -1.49. The van der Waals surface area contributed by atoms with Gasteiger partial charge in [-0.3, -0.25) is 15.1 Å². The summed E-state index contributed by atoms with van der Waals surface area (Å²) in [5.41, 5.74) is 1.38. The number of nitro benzene ring substituents is 1. The molecule has 2 rings (SSSR count). The van der Waals surface area contributed by atoms with Gasteiger partial charge in [-0.15, -0.1) is 0 Å². The molecule has 0 atom stereocenters. The molecular formula is C10H7BrN2O2. The van der Waals surface area contributed by atoms with Gasteiger partial charge in [0, 0.05) is 16.2 Å². The Bertz CT molecular complexity index is 554. The first kappa shape index (κ1) is 10.0. The van der Waals surface area contributed by atoms with Crippen LogP contribution < -0.4 is 0 Å². The zero-order valence-corrected chi connectivity index (χ0v) is 9.48. The summed E-state index contributed by atoms with van der Waals surface area (Å²) in [6.07, 6.45) is 1.62. The molecule has 2 aromatic rings. The van der Waals surface area contributed by atoms with Crippen LogP contribution >= 0.6 is 15.9 Å². The average molecular weight is 267 g/mol. The number of fused-ring (bicyclic) bond motifs is 1. The molecule has 0 aliphatic heterocycles. The number of aromatic nitrogens is 1. The molecule has 1 aromatic heterocycles. The number of halogens is 1. The Morgan fingerprint density at radius 3 is 2.93 bits per heavy atom. The molecule has 1 heterocycles. The Morgan fingerprint density at radius 2 is 2.27 bits per heavy atom. The summed E-state index contributed by atoms with van der Waals surface area (Å²) in [6.45, 7) is 1.72. The second kappa shape index (κ2) is 3.58. The number of nitrogens with zero attached hydrogens (tertiary/aromatic N) is 2. The fourth-order valence-corrected chi connectivity index (χ4v) is 2.23.